The van der Waals surface area contributed by atoms with Gasteiger partial charge in [0.05, 0.1) is 6.04 Å². The van der Waals surface area contributed by atoms with Crippen molar-refractivity contribution >= 4 is 0 Å². The average molecular weight is 354 g/mol. The highest BCUT2D eigenvalue weighted by Crippen LogP contribution is 2.34. The molecule has 0 amide bonds. The van der Waals surface area contributed by atoms with Crippen molar-refractivity contribution in [3.05, 3.63) is 89.2 Å². The number of benzene rings is 2. The number of phenolic OH excluding ortho intramolecular Hbond substituents is 1. The second-order valence-electron chi connectivity index (χ2n) is 6.66. The zero-order valence-electron chi connectivity index (χ0n) is 14.3. The summed E-state index contributed by atoms with van der Waals surface area (Å²) >= 11 is 0. The highest BCUT2D eigenvalue weighted by molar-refractivity contribution is 5.34. The molecule has 26 heavy (non-hydrogen) atoms. The molecule has 1 N–H and O–H groups in total. The Morgan fingerprint density at radius 3 is 2.62 bits per heavy atom. The van der Waals surface area contributed by atoms with Gasteiger partial charge in [-0.2, -0.15) is 0 Å². The van der Waals surface area contributed by atoms with Crippen LogP contribution in [0.2, 0.25) is 0 Å². The first-order valence-electron chi connectivity index (χ1n) is 8.74. The minimum Gasteiger partial charge on any atom is -0.508 e. The van der Waals surface area contributed by atoms with Crippen LogP contribution in [-0.2, 0) is 13.1 Å². The summed E-state index contributed by atoms with van der Waals surface area (Å²) in [7, 11) is 0. The van der Waals surface area contributed by atoms with Crippen molar-refractivity contribution in [2.75, 3.05) is 6.54 Å². The summed E-state index contributed by atoms with van der Waals surface area (Å²) in [6.07, 6.45) is 2.96. The van der Waals surface area contributed by atoms with Crippen molar-refractivity contribution < 1.29 is 13.9 Å². The Hall–Kier alpha value is -2.66. The van der Waals surface area contributed by atoms with Crippen molar-refractivity contribution in [3.8, 4) is 5.75 Å². The molecule has 0 fully saturated rings. The highest BCUT2D eigenvalue weighted by Gasteiger charge is 2.28. The monoisotopic (exact) mass is 354 g/mol. The van der Waals surface area contributed by atoms with Crippen LogP contribution in [0.5, 0.6) is 5.75 Å². The quantitative estimate of drug-likeness (QED) is 0.752. The maximum atomic E-state index is 13.9. The van der Waals surface area contributed by atoms with Gasteiger partial charge in [-0.1, -0.05) is 24.3 Å². The third-order valence-corrected chi connectivity index (χ3v) is 4.98. The number of fused-ring (bicyclic) bond motifs is 1. The fourth-order valence-corrected chi connectivity index (χ4v) is 3.74. The summed E-state index contributed by atoms with van der Waals surface area (Å²) in [5, 5.41) is 10.2. The molecule has 0 saturated heterocycles. The second kappa shape index (κ2) is 6.92. The lowest BCUT2D eigenvalue weighted by Crippen LogP contribution is -2.29. The van der Waals surface area contributed by atoms with Crippen molar-refractivity contribution in [2.45, 2.75) is 25.6 Å². The summed E-state index contributed by atoms with van der Waals surface area (Å²) < 4.78 is 29.5. The topological polar surface area (TPSA) is 28.4 Å². The van der Waals surface area contributed by atoms with E-state index in [9.17, 15) is 13.9 Å². The van der Waals surface area contributed by atoms with Gasteiger partial charge in [0, 0.05) is 37.1 Å². The molecule has 1 aromatic heterocycles. The van der Waals surface area contributed by atoms with E-state index in [2.05, 4.69) is 9.47 Å². The molecule has 0 radical (unpaired) electrons. The van der Waals surface area contributed by atoms with Crippen LogP contribution in [0.4, 0.5) is 8.78 Å². The molecule has 1 unspecified atom stereocenters. The van der Waals surface area contributed by atoms with E-state index in [4.69, 9.17) is 0 Å². The van der Waals surface area contributed by atoms with Gasteiger partial charge in [-0.05, 0) is 42.3 Å². The predicted molar refractivity (Wildman–Crippen MR) is 95.8 cm³/mol. The summed E-state index contributed by atoms with van der Waals surface area (Å²) in [5.74, 6) is -1.44. The smallest absolute Gasteiger partial charge is 0.159 e. The SMILES string of the molecule is Oc1ccccc1CN1CCCn2cccc2C1c1ccc(F)c(F)c1. The Bertz CT molecular complexity index is 922. The molecule has 1 aliphatic heterocycles. The van der Waals surface area contributed by atoms with Gasteiger partial charge in [0.1, 0.15) is 5.75 Å². The van der Waals surface area contributed by atoms with Crippen LogP contribution in [0.1, 0.15) is 29.3 Å². The van der Waals surface area contributed by atoms with Gasteiger partial charge in [-0.25, -0.2) is 8.78 Å². The van der Waals surface area contributed by atoms with E-state index in [1.54, 1.807) is 18.2 Å². The fourth-order valence-electron chi connectivity index (χ4n) is 3.74. The third kappa shape index (κ3) is 3.10. The van der Waals surface area contributed by atoms with Gasteiger partial charge >= 0.3 is 0 Å². The number of para-hydroxylation sites is 1. The van der Waals surface area contributed by atoms with E-state index in [-0.39, 0.29) is 11.8 Å². The predicted octanol–water partition coefficient (Wildman–Crippen LogP) is 4.47. The summed E-state index contributed by atoms with van der Waals surface area (Å²) in [6.45, 7) is 2.20. The molecule has 5 heteroatoms. The Morgan fingerprint density at radius 2 is 1.81 bits per heavy atom. The van der Waals surface area contributed by atoms with Gasteiger partial charge in [0.15, 0.2) is 11.6 Å². The van der Waals surface area contributed by atoms with Crippen molar-refractivity contribution in [1.82, 2.24) is 9.47 Å². The fraction of sp³-hybridized carbons (Fsp3) is 0.238. The first-order chi connectivity index (χ1) is 12.6. The highest BCUT2D eigenvalue weighted by atomic mass is 19.2. The zero-order chi connectivity index (χ0) is 18.1. The Morgan fingerprint density at radius 1 is 0.962 bits per heavy atom. The van der Waals surface area contributed by atoms with Crippen molar-refractivity contribution in [3.63, 3.8) is 0 Å². The van der Waals surface area contributed by atoms with Crippen LogP contribution in [0.25, 0.3) is 0 Å². The van der Waals surface area contributed by atoms with E-state index < -0.39 is 11.6 Å². The molecule has 0 bridgehead atoms. The maximum Gasteiger partial charge on any atom is 0.159 e. The van der Waals surface area contributed by atoms with Crippen LogP contribution < -0.4 is 0 Å². The zero-order valence-corrected chi connectivity index (χ0v) is 14.3. The molecule has 2 aromatic carbocycles. The molecular weight excluding hydrogens is 334 g/mol. The molecule has 4 rings (SSSR count). The molecule has 1 atom stereocenters. The minimum absolute atomic E-state index is 0.206. The summed E-state index contributed by atoms with van der Waals surface area (Å²) in [6, 6.07) is 15.1. The lowest BCUT2D eigenvalue weighted by molar-refractivity contribution is 0.217. The molecule has 3 aromatic rings. The third-order valence-electron chi connectivity index (χ3n) is 4.98. The number of phenols is 1. The first kappa shape index (κ1) is 16.8. The number of rotatable bonds is 3. The first-order valence-corrected chi connectivity index (χ1v) is 8.74. The molecule has 134 valence electrons. The molecule has 3 nitrogen and oxygen atoms in total. The van der Waals surface area contributed by atoms with Crippen LogP contribution >= 0.6 is 0 Å². The molecule has 0 spiro atoms. The van der Waals surface area contributed by atoms with Crippen LogP contribution in [0.15, 0.2) is 60.8 Å². The molecule has 1 aliphatic rings. The largest absolute Gasteiger partial charge is 0.508 e. The lowest BCUT2D eigenvalue weighted by atomic mass is 10.0. The average Bonchev–Trinajstić information content (AvgIpc) is 3.01. The van der Waals surface area contributed by atoms with Crippen LogP contribution in [-0.4, -0.2) is 21.1 Å². The number of aromatic nitrogens is 1. The van der Waals surface area contributed by atoms with E-state index in [0.717, 1.165) is 30.8 Å². The second-order valence-corrected chi connectivity index (χ2v) is 6.66. The van der Waals surface area contributed by atoms with Gasteiger partial charge in [-0.3, -0.25) is 4.90 Å². The van der Waals surface area contributed by atoms with Crippen LogP contribution in [0, 0.1) is 11.6 Å². The van der Waals surface area contributed by atoms with Gasteiger partial charge in [-0.15, -0.1) is 0 Å². The van der Waals surface area contributed by atoms with Gasteiger partial charge in [0.25, 0.3) is 0 Å². The molecular formula is C21H20F2N2O. The van der Waals surface area contributed by atoms with Gasteiger partial charge in [0.2, 0.25) is 0 Å². The van der Waals surface area contributed by atoms with E-state index in [1.165, 1.54) is 12.1 Å². The Balaban J connectivity index is 1.78. The number of aromatic hydroxyl groups is 1. The number of halogens is 2. The molecule has 0 aliphatic carbocycles. The minimum atomic E-state index is -0.843. The Kier molecular flexibility index (Phi) is 4.47. The Labute approximate surface area is 151 Å². The van der Waals surface area contributed by atoms with E-state index >= 15 is 0 Å². The number of aryl methyl sites for hydroxylation is 1. The number of hydrogen-bond acceptors (Lipinski definition) is 2. The number of hydrogen-bond donors (Lipinski definition) is 1. The van der Waals surface area contributed by atoms with E-state index in [1.807, 2.05) is 30.5 Å². The summed E-state index contributed by atoms with van der Waals surface area (Å²) in [5.41, 5.74) is 2.57. The number of nitrogens with zero attached hydrogens (tertiary/aromatic N) is 2. The standard InChI is InChI=1S/C21H20F2N2O/c22-17-9-8-15(13-18(17)23)21-19-6-3-10-24(19)11-4-12-25(21)14-16-5-1-2-7-20(16)26/h1-3,5-10,13,21,26H,4,11-12,14H2. The molecule has 2 heterocycles. The van der Waals surface area contributed by atoms with Crippen LogP contribution in [0.3, 0.4) is 0 Å². The maximum absolute atomic E-state index is 13.9. The molecule has 0 saturated carbocycles. The normalized spacial score (nSPS) is 17.7. The van der Waals surface area contributed by atoms with E-state index in [0.29, 0.717) is 12.1 Å². The lowest BCUT2D eigenvalue weighted by Gasteiger charge is -2.31. The van der Waals surface area contributed by atoms with Gasteiger partial charge < -0.3 is 9.67 Å². The van der Waals surface area contributed by atoms with Crippen molar-refractivity contribution in [2.24, 2.45) is 0 Å². The van der Waals surface area contributed by atoms with Crippen molar-refractivity contribution in [1.29, 1.82) is 0 Å². The summed E-state index contributed by atoms with van der Waals surface area (Å²) in [4.78, 5) is 2.21.